The van der Waals surface area contributed by atoms with Crippen LogP contribution in [0.25, 0.3) is 223 Å². The van der Waals surface area contributed by atoms with E-state index in [1.54, 1.807) is 43.1 Å². The molecule has 0 aliphatic rings. The molecule has 0 aliphatic carbocycles. The highest BCUT2D eigenvalue weighted by Crippen LogP contribution is 2.46. The highest BCUT2D eigenvalue weighted by atomic mass is 32.1. The van der Waals surface area contributed by atoms with Crippen molar-refractivity contribution in [1.82, 2.24) is 29.9 Å². The van der Waals surface area contributed by atoms with Gasteiger partial charge in [-0.25, -0.2) is 9.83 Å². The van der Waals surface area contributed by atoms with Gasteiger partial charge in [-0.15, -0.1) is 50.3 Å². The maximum Gasteiger partial charge on any atom is 0.270 e. The highest BCUT2D eigenvalue weighted by Gasteiger charge is 2.18. The minimum atomic E-state index is 0.418. The number of pyridine rings is 6. The molecule has 0 fully saturated rings. The normalized spacial score (nSPS) is 11.2. The van der Waals surface area contributed by atoms with Crippen LogP contribution in [0.3, 0.4) is 0 Å². The minimum Gasteiger partial charge on any atom is -0.361 e. The topological polar surface area (TPSA) is 134 Å². The maximum atomic E-state index is 9.16. The van der Waals surface area contributed by atoms with Crippen LogP contribution in [0.15, 0.2) is 377 Å². The van der Waals surface area contributed by atoms with Crippen LogP contribution in [0.5, 0.6) is 0 Å². The summed E-state index contributed by atoms with van der Waals surface area (Å²) in [5.41, 5.74) is 17.8. The summed E-state index contributed by atoms with van der Waals surface area (Å²) in [6.45, 7) is 14.5. The molecule has 0 bridgehead atoms. The number of thiophene rings is 4. The second kappa shape index (κ2) is 32.5. The van der Waals surface area contributed by atoms with E-state index in [1.807, 2.05) is 106 Å². The van der Waals surface area contributed by atoms with Gasteiger partial charge in [0.2, 0.25) is 5.69 Å². The summed E-state index contributed by atoms with van der Waals surface area (Å²) in [5, 5.41) is 39.1. The van der Waals surface area contributed by atoms with Gasteiger partial charge in [0.25, 0.3) is 5.82 Å². The highest BCUT2D eigenvalue weighted by molar-refractivity contribution is 7.27. The lowest BCUT2D eigenvalue weighted by molar-refractivity contribution is 1.24. The second-order valence-corrected chi connectivity index (χ2v) is 34.4. The summed E-state index contributed by atoms with van der Waals surface area (Å²) < 4.78 is 10.4. The second-order valence-electron chi connectivity index (χ2n) is 30.1. The van der Waals surface area contributed by atoms with Gasteiger partial charge >= 0.3 is 0 Å². The SMILES string of the molecule is N#Cc1ccnc(-c2ccc(-c3ccc4c(c3)sc3ccc5ccccc5c34)cn2)c1.N#Cc1cncc(-c2cccc(-c3ccc4c(c3)sc3ccc5ccccc5c34)n2)c1.[C-]#[N+]c1cc(-c2cccc(-c3ccc4c(c3)sc3ccc5ccccc5c34)c2)ccn1.[C-]#[N+]c1cncc(-c2cccc(-c3ccc4c(c3)sc3ccc5ccccc5c34)c2)c1. The molecule has 124 heavy (non-hydrogen) atoms. The van der Waals surface area contributed by atoms with Gasteiger partial charge in [0, 0.05) is 135 Å². The van der Waals surface area contributed by atoms with Crippen molar-refractivity contribution in [1.29, 1.82) is 10.5 Å². The van der Waals surface area contributed by atoms with E-state index >= 15 is 0 Å². The number of hydrogen-bond acceptors (Lipinski definition) is 12. The number of hydrogen-bond donors (Lipinski definition) is 0. The number of fused-ring (bicyclic) bond motifs is 20. The first-order valence-corrected chi connectivity index (χ1v) is 43.4. The molecule has 10 aromatic heterocycles. The van der Waals surface area contributed by atoms with E-state index in [4.69, 9.17) is 28.7 Å². The Bertz CT molecular complexity index is 8010. The van der Waals surface area contributed by atoms with E-state index in [2.05, 4.69) is 320 Å². The summed E-state index contributed by atoms with van der Waals surface area (Å²) in [4.78, 5) is 33.2. The fraction of sp³-hybridized carbons (Fsp3) is 0. The molecule has 0 N–H and O–H groups in total. The molecule has 24 aromatic rings. The molecule has 0 aliphatic heterocycles. The third kappa shape index (κ3) is 14.4. The molecule has 0 spiro atoms. The molecule has 576 valence electrons. The van der Waals surface area contributed by atoms with Crippen LogP contribution in [0.2, 0.25) is 0 Å². The fourth-order valence-electron chi connectivity index (χ4n) is 16.7. The molecule has 0 saturated heterocycles. The zero-order valence-electron chi connectivity index (χ0n) is 65.9. The third-order valence-electron chi connectivity index (χ3n) is 22.7. The van der Waals surface area contributed by atoms with Crippen molar-refractivity contribution in [2.75, 3.05) is 0 Å². The maximum absolute atomic E-state index is 9.16. The van der Waals surface area contributed by atoms with Gasteiger partial charge in [0.15, 0.2) is 0 Å². The average Bonchev–Trinajstić information content (AvgIpc) is 1.61. The Kier molecular flexibility index (Phi) is 19.8. The van der Waals surface area contributed by atoms with Gasteiger partial charge in [0.1, 0.15) is 12.3 Å². The van der Waals surface area contributed by atoms with Gasteiger partial charge in [-0.1, -0.05) is 225 Å². The number of nitriles is 2. The fourth-order valence-corrected chi connectivity index (χ4v) is 21.3. The summed E-state index contributed by atoms with van der Waals surface area (Å²) in [6, 6.07) is 121. The van der Waals surface area contributed by atoms with Crippen LogP contribution in [-0.2, 0) is 0 Å². The summed E-state index contributed by atoms with van der Waals surface area (Å²) >= 11 is 7.34. The van der Waals surface area contributed by atoms with Crippen LogP contribution in [-0.4, -0.2) is 29.9 Å². The molecule has 0 unspecified atom stereocenters. The average molecular weight is 1650 g/mol. The summed E-state index contributed by atoms with van der Waals surface area (Å²) in [5.74, 6) is 0.418. The predicted octanol–water partition coefficient (Wildman–Crippen LogP) is 31.4. The molecular formula is C110H62N10S4. The molecule has 10 heterocycles. The first-order chi connectivity index (χ1) is 61.2. The minimum absolute atomic E-state index is 0.418. The van der Waals surface area contributed by atoms with E-state index in [0.29, 0.717) is 28.3 Å². The molecule has 14 aromatic carbocycles. The van der Waals surface area contributed by atoms with E-state index < -0.39 is 0 Å². The Hall–Kier alpha value is -16.1. The Morgan fingerprint density at radius 3 is 1.13 bits per heavy atom. The quantitative estimate of drug-likeness (QED) is 0.137. The standard InChI is InChI=1S/2C28H16N2S.2C27H15N3S/c1-29-23-14-22(16-30-17-23)20-7-4-6-19(13-20)21-9-11-25-27(15-21)31-26-12-10-18-5-2-3-8-24(18)28(25)26;1-29-27-17-22(13-14-30-27)20-7-4-6-19(15-20)21-9-11-24-26(16-21)31-25-12-10-18-5-2-3-8-23(18)28(24)25;28-14-17-12-20(16-29-15-17)24-7-3-6-23(30-24)19-8-10-22-26(13-19)31-25-11-9-18-4-1-2-5-21(18)27(22)25;28-15-17-11-12-29-24(13-17)23-9-6-20(16-30-23)19-5-8-22-26(14-19)31-25-10-7-18-3-1-2-4-21(18)27(22)25/h2*2-17H;1-13,15-16H;1-14,16H. The van der Waals surface area contributed by atoms with Crippen molar-refractivity contribution in [3.05, 3.63) is 411 Å². The molecule has 0 atom stereocenters. The Labute approximate surface area is 728 Å². The van der Waals surface area contributed by atoms with E-state index in [0.717, 1.165) is 67.2 Å². The summed E-state index contributed by atoms with van der Waals surface area (Å²) in [6.07, 6.45) is 11.9. The molecule has 14 heteroatoms. The van der Waals surface area contributed by atoms with Gasteiger partial charge < -0.3 is 4.85 Å². The van der Waals surface area contributed by atoms with Gasteiger partial charge in [-0.2, -0.15) is 10.5 Å². The van der Waals surface area contributed by atoms with Crippen LogP contribution in [0.4, 0.5) is 11.5 Å². The first-order valence-electron chi connectivity index (χ1n) is 40.1. The lowest BCUT2D eigenvalue weighted by Crippen LogP contribution is -1.89. The van der Waals surface area contributed by atoms with Gasteiger partial charge in [-0.05, 0) is 208 Å². The molecular weight excluding hydrogens is 1590 g/mol. The zero-order chi connectivity index (χ0) is 83.1. The molecule has 0 radical (unpaired) electrons. The number of benzene rings is 14. The van der Waals surface area contributed by atoms with Crippen LogP contribution >= 0.6 is 45.3 Å². The first kappa shape index (κ1) is 75.3. The van der Waals surface area contributed by atoms with Crippen LogP contribution < -0.4 is 0 Å². The number of rotatable bonds is 8. The van der Waals surface area contributed by atoms with Gasteiger partial charge in [0.05, 0.1) is 46.5 Å². The monoisotopic (exact) mass is 1650 g/mol. The van der Waals surface area contributed by atoms with E-state index in [-0.39, 0.29) is 0 Å². The van der Waals surface area contributed by atoms with Crippen molar-refractivity contribution >= 4 is 181 Å². The number of aromatic nitrogens is 6. The predicted molar refractivity (Wildman–Crippen MR) is 520 cm³/mol. The Morgan fingerprint density at radius 2 is 0.653 bits per heavy atom. The van der Waals surface area contributed by atoms with Crippen molar-refractivity contribution < 1.29 is 0 Å². The largest absolute Gasteiger partial charge is 0.361 e. The third-order valence-corrected chi connectivity index (χ3v) is 27.1. The smallest absolute Gasteiger partial charge is 0.270 e. The molecule has 24 rings (SSSR count). The van der Waals surface area contributed by atoms with Crippen LogP contribution in [0, 0.1) is 35.8 Å². The van der Waals surface area contributed by atoms with Crippen molar-refractivity contribution in [3.8, 4) is 102 Å². The lowest BCUT2D eigenvalue weighted by atomic mass is 9.98. The van der Waals surface area contributed by atoms with Crippen LogP contribution in [0.1, 0.15) is 11.1 Å². The molecule has 10 nitrogen and oxygen atoms in total. The lowest BCUT2D eigenvalue weighted by Gasteiger charge is -2.07. The molecule has 0 amide bonds. The Morgan fingerprint density at radius 1 is 0.242 bits per heavy atom. The van der Waals surface area contributed by atoms with Gasteiger partial charge in [-0.3, -0.25) is 19.9 Å². The van der Waals surface area contributed by atoms with E-state index in [9.17, 15) is 0 Å². The summed E-state index contributed by atoms with van der Waals surface area (Å²) in [7, 11) is 0. The van der Waals surface area contributed by atoms with Crippen molar-refractivity contribution in [3.63, 3.8) is 0 Å². The number of nitrogens with zero attached hydrogens (tertiary/aromatic N) is 10. The Balaban J connectivity index is 0.000000101. The molecule has 0 saturated carbocycles. The zero-order valence-corrected chi connectivity index (χ0v) is 69.2. The van der Waals surface area contributed by atoms with E-state index in [1.165, 1.54) is 140 Å². The van der Waals surface area contributed by atoms with Crippen molar-refractivity contribution in [2.24, 2.45) is 0 Å². The van der Waals surface area contributed by atoms with Crippen molar-refractivity contribution in [2.45, 2.75) is 0 Å².